The molecule has 78 valence electrons. The SMILES string of the molecule is O=S(=O)([O-])CCC[n+]1cccc(Br)c1. The van der Waals surface area contributed by atoms with Crippen molar-refractivity contribution in [2.45, 2.75) is 13.0 Å². The van der Waals surface area contributed by atoms with E-state index in [1.54, 1.807) is 0 Å². The third kappa shape index (κ3) is 4.69. The van der Waals surface area contributed by atoms with Crippen molar-refractivity contribution in [1.29, 1.82) is 0 Å². The second kappa shape index (κ2) is 4.86. The first kappa shape index (κ1) is 11.6. The lowest BCUT2D eigenvalue weighted by Gasteiger charge is -2.03. The van der Waals surface area contributed by atoms with Crippen LogP contribution < -0.4 is 4.57 Å². The zero-order valence-electron chi connectivity index (χ0n) is 7.39. The van der Waals surface area contributed by atoms with Gasteiger partial charge in [0.2, 0.25) is 0 Å². The minimum Gasteiger partial charge on any atom is -0.748 e. The van der Waals surface area contributed by atoms with Gasteiger partial charge in [-0.15, -0.1) is 0 Å². The number of hydrogen-bond donors (Lipinski definition) is 0. The zero-order valence-corrected chi connectivity index (χ0v) is 9.79. The summed E-state index contributed by atoms with van der Waals surface area (Å²) >= 11 is 3.29. The number of aromatic nitrogens is 1. The average Bonchev–Trinajstić information content (AvgIpc) is 2.01. The Kier molecular flexibility index (Phi) is 4.03. The Bertz CT molecular complexity index is 405. The van der Waals surface area contributed by atoms with Crippen molar-refractivity contribution in [2.24, 2.45) is 0 Å². The Balaban J connectivity index is 2.47. The second-order valence-electron chi connectivity index (χ2n) is 2.88. The Morgan fingerprint density at radius 1 is 1.50 bits per heavy atom. The highest BCUT2D eigenvalue weighted by atomic mass is 79.9. The fourth-order valence-corrected chi connectivity index (χ4v) is 1.95. The number of pyridine rings is 1. The Labute approximate surface area is 91.5 Å². The molecule has 0 aromatic carbocycles. The molecule has 0 N–H and O–H groups in total. The van der Waals surface area contributed by atoms with Gasteiger partial charge in [0.25, 0.3) is 0 Å². The summed E-state index contributed by atoms with van der Waals surface area (Å²) in [5, 5.41) is 0. The highest BCUT2D eigenvalue weighted by molar-refractivity contribution is 9.10. The largest absolute Gasteiger partial charge is 0.748 e. The molecule has 0 fully saturated rings. The molecule has 1 aromatic rings. The van der Waals surface area contributed by atoms with E-state index < -0.39 is 10.1 Å². The molecule has 14 heavy (non-hydrogen) atoms. The number of aryl methyl sites for hydroxylation is 1. The molecule has 0 aliphatic heterocycles. The van der Waals surface area contributed by atoms with Gasteiger partial charge in [0.15, 0.2) is 12.4 Å². The molecule has 0 saturated carbocycles. The normalized spacial score (nSPS) is 11.6. The van der Waals surface area contributed by atoms with Crippen LogP contribution in [-0.4, -0.2) is 18.7 Å². The van der Waals surface area contributed by atoms with Crippen LogP contribution in [0.15, 0.2) is 29.0 Å². The van der Waals surface area contributed by atoms with Gasteiger partial charge in [-0.2, -0.15) is 0 Å². The summed E-state index contributed by atoms with van der Waals surface area (Å²) in [5.41, 5.74) is 0. The quantitative estimate of drug-likeness (QED) is 0.601. The van der Waals surface area contributed by atoms with Crippen molar-refractivity contribution in [3.8, 4) is 0 Å². The summed E-state index contributed by atoms with van der Waals surface area (Å²) in [7, 11) is -4.08. The van der Waals surface area contributed by atoms with Gasteiger partial charge in [0.1, 0.15) is 6.54 Å². The lowest BCUT2D eigenvalue weighted by Crippen LogP contribution is -2.33. The van der Waals surface area contributed by atoms with E-state index >= 15 is 0 Å². The molecular weight excluding hydrogens is 270 g/mol. The van der Waals surface area contributed by atoms with Crippen molar-refractivity contribution < 1.29 is 17.5 Å². The predicted octanol–water partition coefficient (Wildman–Crippen LogP) is 0.672. The van der Waals surface area contributed by atoms with E-state index in [1.807, 2.05) is 29.1 Å². The fraction of sp³-hybridized carbons (Fsp3) is 0.375. The van der Waals surface area contributed by atoms with E-state index in [1.165, 1.54) is 0 Å². The van der Waals surface area contributed by atoms with Crippen molar-refractivity contribution in [2.75, 3.05) is 5.75 Å². The molecular formula is C8H10BrNO3S. The number of halogens is 1. The number of hydrogen-bond acceptors (Lipinski definition) is 3. The van der Waals surface area contributed by atoms with E-state index in [9.17, 15) is 13.0 Å². The molecule has 1 aromatic heterocycles. The highest BCUT2D eigenvalue weighted by Gasteiger charge is 2.02. The molecule has 1 heterocycles. The van der Waals surface area contributed by atoms with Crippen molar-refractivity contribution >= 4 is 26.0 Å². The summed E-state index contributed by atoms with van der Waals surface area (Å²) in [5.74, 6) is -0.313. The van der Waals surface area contributed by atoms with Crippen molar-refractivity contribution in [3.63, 3.8) is 0 Å². The highest BCUT2D eigenvalue weighted by Crippen LogP contribution is 2.03. The topological polar surface area (TPSA) is 61.1 Å². The van der Waals surface area contributed by atoms with Crippen LogP contribution in [0.3, 0.4) is 0 Å². The Morgan fingerprint density at radius 2 is 2.21 bits per heavy atom. The van der Waals surface area contributed by atoms with Gasteiger partial charge < -0.3 is 4.55 Å². The third-order valence-corrected chi connectivity index (χ3v) is 2.89. The summed E-state index contributed by atoms with van der Waals surface area (Å²) in [6, 6.07) is 3.72. The minimum atomic E-state index is -4.08. The van der Waals surface area contributed by atoms with Crippen LogP contribution >= 0.6 is 15.9 Å². The summed E-state index contributed by atoms with van der Waals surface area (Å²) in [6.45, 7) is 0.529. The number of rotatable bonds is 4. The standard InChI is InChI=1S/C8H10BrNO3S/c9-8-3-1-4-10(7-8)5-2-6-14(11,12)13/h1,3-4,7H,2,5-6H2. The van der Waals surface area contributed by atoms with Crippen LogP contribution in [0.25, 0.3) is 0 Å². The molecule has 0 aliphatic rings. The fourth-order valence-electron chi connectivity index (χ4n) is 1.05. The van der Waals surface area contributed by atoms with E-state index in [2.05, 4.69) is 15.9 Å². The van der Waals surface area contributed by atoms with Gasteiger partial charge in [-0.3, -0.25) is 0 Å². The molecule has 0 aliphatic carbocycles. The van der Waals surface area contributed by atoms with Crippen LogP contribution in [0.2, 0.25) is 0 Å². The molecule has 4 nitrogen and oxygen atoms in total. The van der Waals surface area contributed by atoms with Crippen LogP contribution in [0.4, 0.5) is 0 Å². The van der Waals surface area contributed by atoms with Crippen molar-refractivity contribution in [3.05, 3.63) is 29.0 Å². The second-order valence-corrected chi connectivity index (χ2v) is 5.31. The Hall–Kier alpha value is -0.460. The molecule has 1 rings (SSSR count). The van der Waals surface area contributed by atoms with Crippen LogP contribution in [0.1, 0.15) is 6.42 Å². The maximum atomic E-state index is 10.3. The van der Waals surface area contributed by atoms with Gasteiger partial charge >= 0.3 is 0 Å². The van der Waals surface area contributed by atoms with Crippen LogP contribution in [-0.2, 0) is 16.7 Å². The summed E-state index contributed by atoms with van der Waals surface area (Å²) in [4.78, 5) is 0. The van der Waals surface area contributed by atoms with Gasteiger partial charge in [-0.25, -0.2) is 13.0 Å². The molecule has 0 bridgehead atoms. The molecule has 0 radical (unpaired) electrons. The minimum absolute atomic E-state index is 0.313. The van der Waals surface area contributed by atoms with E-state index in [0.717, 1.165) is 4.47 Å². The zero-order chi connectivity index (χ0) is 10.6. The summed E-state index contributed by atoms with van der Waals surface area (Å²) in [6.07, 6.45) is 3.99. The van der Waals surface area contributed by atoms with Gasteiger partial charge in [-0.1, -0.05) is 0 Å². The lowest BCUT2D eigenvalue weighted by atomic mass is 10.4. The first-order valence-electron chi connectivity index (χ1n) is 4.05. The maximum absolute atomic E-state index is 10.3. The molecule has 0 unspecified atom stereocenters. The first-order chi connectivity index (χ1) is 6.47. The van der Waals surface area contributed by atoms with Gasteiger partial charge in [-0.05, 0) is 22.0 Å². The van der Waals surface area contributed by atoms with E-state index in [-0.39, 0.29) is 5.75 Å². The monoisotopic (exact) mass is 279 g/mol. The third-order valence-electron chi connectivity index (χ3n) is 1.63. The molecule has 0 amide bonds. The van der Waals surface area contributed by atoms with Crippen LogP contribution in [0, 0.1) is 0 Å². The summed E-state index contributed by atoms with van der Waals surface area (Å²) < 4.78 is 33.7. The van der Waals surface area contributed by atoms with Gasteiger partial charge in [0.05, 0.1) is 14.6 Å². The lowest BCUT2D eigenvalue weighted by molar-refractivity contribution is -0.697. The number of nitrogens with zero attached hydrogens (tertiary/aromatic N) is 1. The molecule has 0 saturated heterocycles. The molecule has 6 heteroatoms. The molecule has 0 spiro atoms. The smallest absolute Gasteiger partial charge is 0.183 e. The Morgan fingerprint density at radius 3 is 2.79 bits per heavy atom. The van der Waals surface area contributed by atoms with Crippen molar-refractivity contribution in [1.82, 2.24) is 0 Å². The van der Waals surface area contributed by atoms with Crippen LogP contribution in [0.5, 0.6) is 0 Å². The van der Waals surface area contributed by atoms with E-state index in [0.29, 0.717) is 13.0 Å². The van der Waals surface area contributed by atoms with Gasteiger partial charge in [0, 0.05) is 18.2 Å². The first-order valence-corrected chi connectivity index (χ1v) is 6.42. The molecule has 0 atom stereocenters. The average molecular weight is 280 g/mol. The maximum Gasteiger partial charge on any atom is 0.183 e. The van der Waals surface area contributed by atoms with E-state index in [4.69, 9.17) is 0 Å². The predicted molar refractivity (Wildman–Crippen MR) is 53.5 cm³/mol.